The van der Waals surface area contributed by atoms with E-state index in [0.717, 1.165) is 0 Å². The number of benzene rings is 2. The molecule has 4 rings (SSSR count). The maximum Gasteiger partial charge on any atom is 0.243 e. The van der Waals surface area contributed by atoms with E-state index in [1.54, 1.807) is 12.1 Å². The first-order valence-electron chi connectivity index (χ1n) is 10.4. The van der Waals surface area contributed by atoms with Crippen LogP contribution in [0, 0.1) is 0 Å². The van der Waals surface area contributed by atoms with Crippen molar-refractivity contribution in [1.82, 2.24) is 24.5 Å². The van der Waals surface area contributed by atoms with E-state index in [4.69, 9.17) is 4.74 Å². The zero-order chi connectivity index (χ0) is 23.4. The molecule has 0 saturated carbocycles. The van der Waals surface area contributed by atoms with Crippen molar-refractivity contribution in [2.45, 2.75) is 31.0 Å². The third-order valence-electron chi connectivity index (χ3n) is 5.10. The van der Waals surface area contributed by atoms with Crippen LogP contribution < -0.4 is 10.6 Å². The average molecular weight is 472 g/mol. The molecule has 0 radical (unpaired) electrons. The molecular formula is C21H25N7O4S. The summed E-state index contributed by atoms with van der Waals surface area (Å²) in [6, 6.07) is 13.5. The van der Waals surface area contributed by atoms with Crippen molar-refractivity contribution in [3.63, 3.8) is 0 Å². The van der Waals surface area contributed by atoms with Gasteiger partial charge in [-0.15, -0.1) is 5.10 Å². The van der Waals surface area contributed by atoms with Gasteiger partial charge in [0.2, 0.25) is 15.9 Å². The van der Waals surface area contributed by atoms with E-state index >= 15 is 0 Å². The number of rotatable bonds is 7. The number of aromatic nitrogens is 4. The zero-order valence-corrected chi connectivity index (χ0v) is 19.1. The number of nitrogens with one attached hydrogen (secondary N) is 2. The number of ether oxygens (including phenoxy) is 1. The smallest absolute Gasteiger partial charge is 0.243 e. The summed E-state index contributed by atoms with van der Waals surface area (Å²) in [5.74, 6) is -0.284. The molecule has 1 amide bonds. The highest BCUT2D eigenvalue weighted by Gasteiger charge is 2.32. The summed E-state index contributed by atoms with van der Waals surface area (Å²) < 4.78 is 34.5. The van der Waals surface area contributed by atoms with E-state index < -0.39 is 10.0 Å². The number of morpholine rings is 1. The number of anilines is 2. The Morgan fingerprint density at radius 1 is 1.09 bits per heavy atom. The zero-order valence-electron chi connectivity index (χ0n) is 18.2. The van der Waals surface area contributed by atoms with Gasteiger partial charge in [0.05, 0.1) is 35.0 Å². The number of carbonyl (C=O) groups excluding carboxylic acids is 1. The number of tetrazole rings is 1. The molecule has 1 aromatic heterocycles. The molecule has 2 unspecified atom stereocenters. The van der Waals surface area contributed by atoms with Crippen LogP contribution >= 0.6 is 0 Å². The van der Waals surface area contributed by atoms with E-state index in [1.165, 1.54) is 27.4 Å². The Morgan fingerprint density at radius 3 is 2.45 bits per heavy atom. The monoisotopic (exact) mass is 471 g/mol. The molecule has 174 valence electrons. The molecule has 1 saturated heterocycles. The number of hydrogen-bond acceptors (Lipinski definition) is 8. The molecule has 1 fully saturated rings. The quantitative estimate of drug-likeness (QED) is 0.530. The highest BCUT2D eigenvalue weighted by molar-refractivity contribution is 7.89. The van der Waals surface area contributed by atoms with E-state index in [2.05, 4.69) is 26.2 Å². The molecule has 33 heavy (non-hydrogen) atoms. The normalized spacial score (nSPS) is 19.2. The van der Waals surface area contributed by atoms with E-state index in [1.807, 2.05) is 38.1 Å². The summed E-state index contributed by atoms with van der Waals surface area (Å²) in [6.45, 7) is 4.33. The first kappa shape index (κ1) is 22.8. The topological polar surface area (TPSA) is 131 Å². The lowest BCUT2D eigenvalue weighted by atomic mass is 10.2. The van der Waals surface area contributed by atoms with Gasteiger partial charge in [-0.25, -0.2) is 8.42 Å². The van der Waals surface area contributed by atoms with Gasteiger partial charge in [-0.3, -0.25) is 4.79 Å². The number of para-hydroxylation sites is 2. The minimum absolute atomic E-state index is 0.00272. The average Bonchev–Trinajstić information content (AvgIpc) is 3.32. The Balaban J connectivity index is 1.37. The van der Waals surface area contributed by atoms with Gasteiger partial charge < -0.3 is 15.4 Å². The summed E-state index contributed by atoms with van der Waals surface area (Å²) in [4.78, 5) is 12.6. The van der Waals surface area contributed by atoms with Crippen LogP contribution in [0.4, 0.5) is 11.4 Å². The summed E-state index contributed by atoms with van der Waals surface area (Å²) in [6.07, 6.45) is 1.13. The maximum absolute atomic E-state index is 13.0. The molecule has 2 N–H and O–H groups in total. The molecule has 11 nitrogen and oxygen atoms in total. The molecule has 12 heteroatoms. The van der Waals surface area contributed by atoms with Crippen molar-refractivity contribution in [3.05, 3.63) is 54.9 Å². The van der Waals surface area contributed by atoms with Crippen LogP contribution in [0.2, 0.25) is 0 Å². The second-order valence-corrected chi connectivity index (χ2v) is 9.71. The Bertz CT molecular complexity index is 1190. The van der Waals surface area contributed by atoms with Gasteiger partial charge in [0.1, 0.15) is 6.33 Å². The number of nitrogens with zero attached hydrogens (tertiary/aromatic N) is 5. The molecule has 0 bridgehead atoms. The fourth-order valence-corrected chi connectivity index (χ4v) is 5.25. The lowest BCUT2D eigenvalue weighted by Gasteiger charge is -2.34. The molecule has 2 atom stereocenters. The molecule has 0 spiro atoms. The van der Waals surface area contributed by atoms with Gasteiger partial charge in [-0.2, -0.15) is 8.99 Å². The third kappa shape index (κ3) is 5.35. The maximum atomic E-state index is 13.0. The minimum atomic E-state index is -3.64. The van der Waals surface area contributed by atoms with Crippen molar-refractivity contribution in [3.8, 4) is 5.69 Å². The van der Waals surface area contributed by atoms with E-state index in [9.17, 15) is 13.2 Å². The molecule has 2 aromatic carbocycles. The fourth-order valence-electron chi connectivity index (χ4n) is 3.66. The first-order valence-corrected chi connectivity index (χ1v) is 11.9. The molecule has 1 aliphatic heterocycles. The molecule has 1 aliphatic rings. The first-order chi connectivity index (χ1) is 15.8. The Kier molecular flexibility index (Phi) is 6.67. The summed E-state index contributed by atoms with van der Waals surface area (Å²) in [5, 5.41) is 16.9. The van der Waals surface area contributed by atoms with Gasteiger partial charge in [-0.1, -0.05) is 12.1 Å². The largest absolute Gasteiger partial charge is 0.374 e. The van der Waals surface area contributed by atoms with Crippen molar-refractivity contribution < 1.29 is 17.9 Å². The van der Waals surface area contributed by atoms with Crippen LogP contribution in [-0.4, -0.2) is 70.7 Å². The lowest BCUT2D eigenvalue weighted by Crippen LogP contribution is -2.48. The van der Waals surface area contributed by atoms with Crippen molar-refractivity contribution in [2.24, 2.45) is 0 Å². The van der Waals surface area contributed by atoms with E-state index in [-0.39, 0.29) is 29.6 Å². The predicted octanol–water partition coefficient (Wildman–Crippen LogP) is 1.51. The van der Waals surface area contributed by atoms with Gasteiger partial charge in [0.25, 0.3) is 0 Å². The Hall–Kier alpha value is -3.35. The second-order valence-electron chi connectivity index (χ2n) is 7.78. The highest BCUT2D eigenvalue weighted by Crippen LogP contribution is 2.23. The van der Waals surface area contributed by atoms with Crippen LogP contribution in [-0.2, 0) is 19.6 Å². The molecule has 0 aliphatic carbocycles. The fraction of sp³-hybridized carbons (Fsp3) is 0.333. The summed E-state index contributed by atoms with van der Waals surface area (Å²) >= 11 is 0. The van der Waals surface area contributed by atoms with Crippen LogP contribution in [0.3, 0.4) is 0 Å². The Morgan fingerprint density at radius 2 is 1.79 bits per heavy atom. The summed E-state index contributed by atoms with van der Waals surface area (Å²) in [5.41, 5.74) is 1.89. The van der Waals surface area contributed by atoms with Crippen LogP contribution in [0.15, 0.2) is 59.8 Å². The van der Waals surface area contributed by atoms with Crippen LogP contribution in [0.1, 0.15) is 13.8 Å². The van der Waals surface area contributed by atoms with Gasteiger partial charge in [-0.05, 0) is 60.7 Å². The van der Waals surface area contributed by atoms with E-state index in [0.29, 0.717) is 30.2 Å². The number of sulfonamides is 1. The van der Waals surface area contributed by atoms with Crippen LogP contribution in [0.25, 0.3) is 5.69 Å². The number of amides is 1. The second kappa shape index (κ2) is 9.65. The lowest BCUT2D eigenvalue weighted by molar-refractivity contribution is -0.114. The van der Waals surface area contributed by atoms with Crippen molar-refractivity contribution >= 4 is 27.3 Å². The molecule has 2 heterocycles. The third-order valence-corrected chi connectivity index (χ3v) is 6.95. The Labute approximate surface area is 191 Å². The van der Waals surface area contributed by atoms with Crippen molar-refractivity contribution in [2.75, 3.05) is 30.3 Å². The predicted molar refractivity (Wildman–Crippen MR) is 121 cm³/mol. The SMILES string of the molecule is CC1CN(S(=O)(=O)c2ccc(NC(=O)CNc3ccccc3-n3cnnn3)cc2)CC(C)O1. The molecular weight excluding hydrogens is 446 g/mol. The van der Waals surface area contributed by atoms with Gasteiger partial charge >= 0.3 is 0 Å². The van der Waals surface area contributed by atoms with Crippen LogP contribution in [0.5, 0.6) is 0 Å². The number of carbonyl (C=O) groups is 1. The van der Waals surface area contributed by atoms with Gasteiger partial charge in [0, 0.05) is 18.8 Å². The minimum Gasteiger partial charge on any atom is -0.374 e. The van der Waals surface area contributed by atoms with Gasteiger partial charge in [0.15, 0.2) is 0 Å². The molecule has 3 aromatic rings. The number of hydrogen-bond donors (Lipinski definition) is 2. The summed E-state index contributed by atoms with van der Waals surface area (Å²) in [7, 11) is -3.64. The highest BCUT2D eigenvalue weighted by atomic mass is 32.2. The van der Waals surface area contributed by atoms with Crippen molar-refractivity contribution in [1.29, 1.82) is 0 Å². The standard InChI is InChI=1S/C21H25N7O4S/c1-15-12-27(13-16(2)32-15)33(30,31)18-9-7-17(8-10-18)24-21(29)11-22-19-5-3-4-6-20(19)28-14-23-25-26-28/h3-10,14-16,22H,11-13H2,1-2H3,(H,24,29).